The number of hydrogen-bond acceptors (Lipinski definition) is 3. The second kappa shape index (κ2) is 5.71. The summed E-state index contributed by atoms with van der Waals surface area (Å²) in [6.45, 7) is 9.40. The van der Waals surface area contributed by atoms with Gasteiger partial charge >= 0.3 is 0 Å². The molecule has 0 aromatic rings. The van der Waals surface area contributed by atoms with Crippen LogP contribution in [0.5, 0.6) is 0 Å². The molecule has 2 unspecified atom stereocenters. The van der Waals surface area contributed by atoms with Crippen molar-refractivity contribution in [2.45, 2.75) is 70.1 Å². The Morgan fingerprint density at radius 3 is 2.79 bits per heavy atom. The lowest BCUT2D eigenvalue weighted by atomic mass is 9.74. The van der Waals surface area contributed by atoms with Gasteiger partial charge in [0.15, 0.2) is 0 Å². The number of rotatable bonds is 4. The minimum Gasteiger partial charge on any atom is -0.375 e. The average Bonchev–Trinajstić information content (AvgIpc) is 2.84. The molecule has 1 N–H and O–H groups in total. The quantitative estimate of drug-likeness (QED) is 0.845. The molecule has 110 valence electrons. The molecule has 1 spiro atoms. The fourth-order valence-corrected chi connectivity index (χ4v) is 3.95. The zero-order chi connectivity index (χ0) is 13.3. The first-order chi connectivity index (χ1) is 9.17. The van der Waals surface area contributed by atoms with E-state index in [1.807, 2.05) is 0 Å². The van der Waals surface area contributed by atoms with Gasteiger partial charge in [-0.2, -0.15) is 0 Å². The second-order valence-electron chi connectivity index (χ2n) is 7.23. The van der Waals surface area contributed by atoms with Crippen molar-refractivity contribution >= 4 is 0 Å². The van der Waals surface area contributed by atoms with E-state index in [0.717, 1.165) is 12.5 Å². The van der Waals surface area contributed by atoms with E-state index in [2.05, 4.69) is 24.1 Å². The van der Waals surface area contributed by atoms with Gasteiger partial charge in [0, 0.05) is 25.2 Å². The molecule has 19 heavy (non-hydrogen) atoms. The molecule has 2 atom stereocenters. The van der Waals surface area contributed by atoms with E-state index in [9.17, 15) is 0 Å². The number of nitrogens with one attached hydrogen (secondary N) is 1. The SMILES string of the molecule is CC(C)N1CCC(CNC2CCOC3(CCC3)C2)C1. The molecule has 3 heteroatoms. The first kappa shape index (κ1) is 13.8. The van der Waals surface area contributed by atoms with Crippen molar-refractivity contribution in [1.29, 1.82) is 0 Å². The predicted octanol–water partition coefficient (Wildman–Crippen LogP) is 2.41. The fraction of sp³-hybridized carbons (Fsp3) is 1.00. The molecule has 3 fully saturated rings. The van der Waals surface area contributed by atoms with Gasteiger partial charge in [0.1, 0.15) is 0 Å². The third-order valence-corrected chi connectivity index (χ3v) is 5.50. The van der Waals surface area contributed by atoms with Crippen LogP contribution in [0.2, 0.25) is 0 Å². The first-order valence-corrected chi connectivity index (χ1v) is 8.28. The van der Waals surface area contributed by atoms with Crippen LogP contribution in [0.1, 0.15) is 52.4 Å². The molecule has 1 saturated carbocycles. The van der Waals surface area contributed by atoms with Crippen molar-refractivity contribution in [2.75, 3.05) is 26.2 Å². The van der Waals surface area contributed by atoms with E-state index in [-0.39, 0.29) is 5.60 Å². The van der Waals surface area contributed by atoms with Crippen LogP contribution < -0.4 is 5.32 Å². The fourth-order valence-electron chi connectivity index (χ4n) is 3.95. The second-order valence-corrected chi connectivity index (χ2v) is 7.23. The van der Waals surface area contributed by atoms with Gasteiger partial charge in [0.05, 0.1) is 5.60 Å². The molecule has 0 radical (unpaired) electrons. The molecule has 3 nitrogen and oxygen atoms in total. The summed E-state index contributed by atoms with van der Waals surface area (Å²) in [7, 11) is 0. The van der Waals surface area contributed by atoms with E-state index in [1.165, 1.54) is 58.2 Å². The van der Waals surface area contributed by atoms with Crippen LogP contribution in [0, 0.1) is 5.92 Å². The standard InChI is InChI=1S/C16H30N2O/c1-13(2)18-8-4-14(12-18)11-17-15-5-9-19-16(10-15)6-3-7-16/h13-15,17H,3-12H2,1-2H3. The lowest BCUT2D eigenvalue weighted by molar-refractivity contribution is -0.135. The van der Waals surface area contributed by atoms with Crippen molar-refractivity contribution in [3.63, 3.8) is 0 Å². The molecule has 2 heterocycles. The molecular weight excluding hydrogens is 236 g/mol. The normalized spacial score (nSPS) is 34.9. The number of nitrogens with zero attached hydrogens (tertiary/aromatic N) is 1. The van der Waals surface area contributed by atoms with Crippen molar-refractivity contribution < 1.29 is 4.74 Å². The highest BCUT2D eigenvalue weighted by atomic mass is 16.5. The molecule has 3 aliphatic rings. The Hall–Kier alpha value is -0.120. The number of likely N-dealkylation sites (tertiary alicyclic amines) is 1. The summed E-state index contributed by atoms with van der Waals surface area (Å²) in [6, 6.07) is 1.42. The van der Waals surface area contributed by atoms with Crippen LogP contribution in [0.25, 0.3) is 0 Å². The van der Waals surface area contributed by atoms with Crippen LogP contribution in [0.3, 0.4) is 0 Å². The third kappa shape index (κ3) is 3.14. The van der Waals surface area contributed by atoms with Gasteiger partial charge in [-0.25, -0.2) is 0 Å². The van der Waals surface area contributed by atoms with Crippen LogP contribution in [0.15, 0.2) is 0 Å². The minimum absolute atomic E-state index is 0.287. The van der Waals surface area contributed by atoms with Crippen molar-refractivity contribution in [3.05, 3.63) is 0 Å². The van der Waals surface area contributed by atoms with Gasteiger partial charge in [-0.15, -0.1) is 0 Å². The predicted molar refractivity (Wildman–Crippen MR) is 78.4 cm³/mol. The Morgan fingerprint density at radius 2 is 2.16 bits per heavy atom. The molecule has 0 amide bonds. The van der Waals surface area contributed by atoms with Crippen LogP contribution >= 0.6 is 0 Å². The summed E-state index contributed by atoms with van der Waals surface area (Å²) in [5.41, 5.74) is 0.287. The smallest absolute Gasteiger partial charge is 0.0697 e. The highest BCUT2D eigenvalue weighted by Crippen LogP contribution is 2.42. The van der Waals surface area contributed by atoms with Crippen LogP contribution in [-0.2, 0) is 4.74 Å². The average molecular weight is 266 g/mol. The maximum Gasteiger partial charge on any atom is 0.0697 e. The number of ether oxygens (including phenoxy) is 1. The number of hydrogen-bond donors (Lipinski definition) is 1. The van der Waals surface area contributed by atoms with Crippen molar-refractivity contribution in [3.8, 4) is 0 Å². The first-order valence-electron chi connectivity index (χ1n) is 8.28. The third-order valence-electron chi connectivity index (χ3n) is 5.50. The van der Waals surface area contributed by atoms with Gasteiger partial charge in [0.25, 0.3) is 0 Å². The van der Waals surface area contributed by atoms with Gasteiger partial charge in [-0.05, 0) is 71.4 Å². The Bertz CT molecular complexity index is 301. The van der Waals surface area contributed by atoms with Crippen LogP contribution in [0.4, 0.5) is 0 Å². The molecule has 1 aliphatic carbocycles. The lowest BCUT2D eigenvalue weighted by Gasteiger charge is -2.47. The monoisotopic (exact) mass is 266 g/mol. The van der Waals surface area contributed by atoms with Gasteiger partial charge < -0.3 is 15.0 Å². The zero-order valence-electron chi connectivity index (χ0n) is 12.7. The van der Waals surface area contributed by atoms with Crippen molar-refractivity contribution in [2.24, 2.45) is 5.92 Å². The highest BCUT2D eigenvalue weighted by molar-refractivity contribution is 4.96. The molecule has 0 aromatic carbocycles. The molecule has 0 aromatic heterocycles. The van der Waals surface area contributed by atoms with Gasteiger partial charge in [-0.3, -0.25) is 0 Å². The van der Waals surface area contributed by atoms with E-state index in [4.69, 9.17) is 4.74 Å². The summed E-state index contributed by atoms with van der Waals surface area (Å²) in [4.78, 5) is 2.61. The molecule has 2 aliphatic heterocycles. The molecule has 2 saturated heterocycles. The van der Waals surface area contributed by atoms with E-state index in [0.29, 0.717) is 12.1 Å². The van der Waals surface area contributed by atoms with E-state index < -0.39 is 0 Å². The van der Waals surface area contributed by atoms with E-state index in [1.54, 1.807) is 0 Å². The molecule has 3 rings (SSSR count). The zero-order valence-corrected chi connectivity index (χ0v) is 12.7. The summed E-state index contributed by atoms with van der Waals surface area (Å²) in [6.07, 6.45) is 7.82. The Morgan fingerprint density at radius 1 is 1.32 bits per heavy atom. The van der Waals surface area contributed by atoms with E-state index >= 15 is 0 Å². The minimum atomic E-state index is 0.287. The largest absolute Gasteiger partial charge is 0.375 e. The van der Waals surface area contributed by atoms with Gasteiger partial charge in [-0.1, -0.05) is 0 Å². The Labute approximate surface area is 118 Å². The topological polar surface area (TPSA) is 24.5 Å². The summed E-state index contributed by atoms with van der Waals surface area (Å²) in [5.74, 6) is 0.864. The Balaban J connectivity index is 1.40. The highest BCUT2D eigenvalue weighted by Gasteiger charge is 2.42. The van der Waals surface area contributed by atoms with Crippen LogP contribution in [-0.4, -0.2) is 48.8 Å². The summed E-state index contributed by atoms with van der Waals surface area (Å²) < 4.78 is 6.00. The Kier molecular flexibility index (Phi) is 4.16. The molecular formula is C16H30N2O. The maximum atomic E-state index is 6.00. The lowest BCUT2D eigenvalue weighted by Crippen LogP contribution is -2.51. The maximum absolute atomic E-state index is 6.00. The summed E-state index contributed by atoms with van der Waals surface area (Å²) >= 11 is 0. The summed E-state index contributed by atoms with van der Waals surface area (Å²) in [5, 5.41) is 3.84. The van der Waals surface area contributed by atoms with Crippen molar-refractivity contribution in [1.82, 2.24) is 10.2 Å². The molecule has 0 bridgehead atoms. The van der Waals surface area contributed by atoms with Gasteiger partial charge in [0.2, 0.25) is 0 Å².